The largest absolute Gasteiger partial charge is 0.384 e. The summed E-state index contributed by atoms with van der Waals surface area (Å²) in [6.07, 6.45) is 6.01. The lowest BCUT2D eigenvalue weighted by atomic mass is 9.78. The number of halogens is 1. The van der Waals surface area contributed by atoms with E-state index in [0.717, 1.165) is 51.6 Å². The van der Waals surface area contributed by atoms with E-state index in [-0.39, 0.29) is 29.6 Å². The Morgan fingerprint density at radius 2 is 1.75 bits per heavy atom. The fourth-order valence-corrected chi connectivity index (χ4v) is 4.84. The molecule has 1 aliphatic carbocycles. The Kier molecular flexibility index (Phi) is 8.99. The summed E-state index contributed by atoms with van der Waals surface area (Å²) in [6.45, 7) is 5.68. The number of hydrogen-bond acceptors (Lipinski definition) is 5. The van der Waals surface area contributed by atoms with E-state index in [2.05, 4.69) is 10.6 Å². The second-order valence-corrected chi connectivity index (χ2v) is 8.52. The molecule has 0 aromatic rings. The van der Waals surface area contributed by atoms with Gasteiger partial charge >= 0.3 is 0 Å². The molecule has 3 aliphatic rings. The zero-order valence-corrected chi connectivity index (χ0v) is 17.9. The van der Waals surface area contributed by atoms with Gasteiger partial charge in [0.1, 0.15) is 0 Å². The molecular weight excluding hydrogens is 382 g/mol. The first-order valence-electron chi connectivity index (χ1n) is 10.4. The maximum Gasteiger partial charge on any atom is 0.226 e. The standard InChI is InChI=1S/C20H35N3O4.ClH/c1-26-16-19(6-8-21-9-7-19)15-22-18(25)20(4-2-3-5-20)14-17(24)23-10-12-27-13-11-23;/h21H,2-16H2,1H3,(H,22,25);1H. The van der Waals surface area contributed by atoms with Crippen molar-refractivity contribution in [1.82, 2.24) is 15.5 Å². The zero-order valence-electron chi connectivity index (χ0n) is 17.1. The molecule has 0 spiro atoms. The lowest BCUT2D eigenvalue weighted by molar-refractivity contribution is -0.144. The van der Waals surface area contributed by atoms with Crippen molar-refractivity contribution in [2.24, 2.45) is 10.8 Å². The monoisotopic (exact) mass is 417 g/mol. The van der Waals surface area contributed by atoms with Gasteiger partial charge in [-0.2, -0.15) is 0 Å². The minimum absolute atomic E-state index is 0. The number of hydrogen-bond donors (Lipinski definition) is 2. The van der Waals surface area contributed by atoms with Crippen LogP contribution in [0.5, 0.6) is 0 Å². The molecule has 2 saturated heterocycles. The van der Waals surface area contributed by atoms with Gasteiger partial charge < -0.3 is 25.0 Å². The first kappa shape index (κ1) is 23.4. The van der Waals surface area contributed by atoms with Crippen LogP contribution in [0.3, 0.4) is 0 Å². The van der Waals surface area contributed by atoms with Crippen molar-refractivity contribution in [3.8, 4) is 0 Å². The van der Waals surface area contributed by atoms with Crippen LogP contribution >= 0.6 is 12.4 Å². The summed E-state index contributed by atoms with van der Waals surface area (Å²) in [5, 5.41) is 6.61. The maximum absolute atomic E-state index is 13.2. The molecule has 162 valence electrons. The molecular formula is C20H36ClN3O4. The highest BCUT2D eigenvalue weighted by Crippen LogP contribution is 2.42. The maximum atomic E-state index is 13.2. The normalized spacial score (nSPS) is 23.7. The molecule has 2 N–H and O–H groups in total. The van der Waals surface area contributed by atoms with E-state index in [9.17, 15) is 9.59 Å². The number of nitrogens with zero attached hydrogens (tertiary/aromatic N) is 1. The topological polar surface area (TPSA) is 79.9 Å². The quantitative estimate of drug-likeness (QED) is 0.653. The van der Waals surface area contributed by atoms with E-state index in [0.29, 0.717) is 45.9 Å². The number of carbonyl (C=O) groups excluding carboxylic acids is 2. The molecule has 7 nitrogen and oxygen atoms in total. The van der Waals surface area contributed by atoms with E-state index in [1.165, 1.54) is 0 Å². The van der Waals surface area contributed by atoms with Gasteiger partial charge in [-0.1, -0.05) is 12.8 Å². The summed E-state index contributed by atoms with van der Waals surface area (Å²) in [4.78, 5) is 27.9. The Hall–Kier alpha value is -0.890. The second-order valence-electron chi connectivity index (χ2n) is 8.52. The number of amides is 2. The summed E-state index contributed by atoms with van der Waals surface area (Å²) < 4.78 is 10.8. The fraction of sp³-hybridized carbons (Fsp3) is 0.900. The first-order valence-corrected chi connectivity index (χ1v) is 10.4. The second kappa shape index (κ2) is 10.8. The number of rotatable bonds is 7. The number of methoxy groups -OCH3 is 1. The molecule has 0 unspecified atom stereocenters. The molecule has 0 radical (unpaired) electrons. The Morgan fingerprint density at radius 1 is 1.11 bits per heavy atom. The Balaban J connectivity index is 0.00000280. The summed E-state index contributed by atoms with van der Waals surface area (Å²) in [5.74, 6) is 0.166. The SMILES string of the molecule is COCC1(CNC(=O)C2(CC(=O)N3CCOCC3)CCCC2)CCNCC1.Cl. The first-order chi connectivity index (χ1) is 13.1. The van der Waals surface area contributed by atoms with Gasteiger partial charge in [-0.05, 0) is 38.8 Å². The van der Waals surface area contributed by atoms with Gasteiger partial charge in [-0.25, -0.2) is 0 Å². The molecule has 1 saturated carbocycles. The summed E-state index contributed by atoms with van der Waals surface area (Å²) >= 11 is 0. The molecule has 0 bridgehead atoms. The van der Waals surface area contributed by atoms with Crippen molar-refractivity contribution in [3.05, 3.63) is 0 Å². The number of carbonyl (C=O) groups is 2. The van der Waals surface area contributed by atoms with E-state index in [1.54, 1.807) is 7.11 Å². The highest BCUT2D eigenvalue weighted by molar-refractivity contribution is 5.89. The Labute approximate surface area is 174 Å². The number of morpholine rings is 1. The number of nitrogens with one attached hydrogen (secondary N) is 2. The number of piperidine rings is 1. The average Bonchev–Trinajstić information content (AvgIpc) is 3.17. The van der Waals surface area contributed by atoms with Crippen LogP contribution in [-0.2, 0) is 19.1 Å². The van der Waals surface area contributed by atoms with Crippen molar-refractivity contribution in [2.75, 3.05) is 59.7 Å². The molecule has 2 aliphatic heterocycles. The number of ether oxygens (including phenoxy) is 2. The van der Waals surface area contributed by atoms with Crippen LogP contribution in [-0.4, -0.2) is 76.4 Å². The third-order valence-electron chi connectivity index (χ3n) is 6.63. The summed E-state index contributed by atoms with van der Waals surface area (Å²) in [7, 11) is 1.73. The zero-order chi connectivity index (χ0) is 19.2. The van der Waals surface area contributed by atoms with Crippen molar-refractivity contribution in [1.29, 1.82) is 0 Å². The van der Waals surface area contributed by atoms with Crippen molar-refractivity contribution < 1.29 is 19.1 Å². The molecule has 3 rings (SSSR count). The third-order valence-corrected chi connectivity index (χ3v) is 6.63. The lowest BCUT2D eigenvalue weighted by Crippen LogP contribution is -2.51. The Bertz CT molecular complexity index is 508. The molecule has 8 heteroatoms. The molecule has 28 heavy (non-hydrogen) atoms. The van der Waals surface area contributed by atoms with Crippen LogP contribution < -0.4 is 10.6 Å². The van der Waals surface area contributed by atoms with Crippen LogP contribution in [0.15, 0.2) is 0 Å². The van der Waals surface area contributed by atoms with Crippen LogP contribution in [0, 0.1) is 10.8 Å². The van der Waals surface area contributed by atoms with Gasteiger partial charge in [-0.3, -0.25) is 9.59 Å². The molecule has 0 aromatic heterocycles. The highest BCUT2D eigenvalue weighted by atomic mass is 35.5. The summed E-state index contributed by atoms with van der Waals surface area (Å²) in [6, 6.07) is 0. The smallest absolute Gasteiger partial charge is 0.226 e. The Morgan fingerprint density at radius 3 is 2.36 bits per heavy atom. The van der Waals surface area contributed by atoms with E-state index in [1.807, 2.05) is 4.90 Å². The van der Waals surface area contributed by atoms with Gasteiger partial charge in [0.2, 0.25) is 11.8 Å². The fourth-order valence-electron chi connectivity index (χ4n) is 4.84. The van der Waals surface area contributed by atoms with Crippen LogP contribution in [0.4, 0.5) is 0 Å². The summed E-state index contributed by atoms with van der Waals surface area (Å²) in [5.41, 5.74) is -0.528. The molecule has 2 amide bonds. The molecule has 2 heterocycles. The van der Waals surface area contributed by atoms with Crippen molar-refractivity contribution >= 4 is 24.2 Å². The minimum Gasteiger partial charge on any atom is -0.384 e. The van der Waals surface area contributed by atoms with Crippen LogP contribution in [0.25, 0.3) is 0 Å². The van der Waals surface area contributed by atoms with E-state index in [4.69, 9.17) is 9.47 Å². The van der Waals surface area contributed by atoms with Gasteiger partial charge in [0.15, 0.2) is 0 Å². The van der Waals surface area contributed by atoms with Gasteiger partial charge in [0.05, 0.1) is 25.2 Å². The van der Waals surface area contributed by atoms with E-state index < -0.39 is 5.41 Å². The average molecular weight is 418 g/mol. The predicted octanol–water partition coefficient (Wildman–Crippen LogP) is 1.35. The minimum atomic E-state index is -0.531. The van der Waals surface area contributed by atoms with Crippen molar-refractivity contribution in [2.45, 2.75) is 44.9 Å². The van der Waals surface area contributed by atoms with Gasteiger partial charge in [-0.15, -0.1) is 12.4 Å². The molecule has 3 fully saturated rings. The predicted molar refractivity (Wildman–Crippen MR) is 110 cm³/mol. The van der Waals surface area contributed by atoms with Gasteiger partial charge in [0, 0.05) is 38.6 Å². The molecule has 0 atom stereocenters. The lowest BCUT2D eigenvalue weighted by Gasteiger charge is -2.38. The molecule has 0 aromatic carbocycles. The van der Waals surface area contributed by atoms with E-state index >= 15 is 0 Å². The highest BCUT2D eigenvalue weighted by Gasteiger charge is 2.44. The van der Waals surface area contributed by atoms with Crippen LogP contribution in [0.1, 0.15) is 44.9 Å². The third kappa shape index (κ3) is 5.59. The van der Waals surface area contributed by atoms with Gasteiger partial charge in [0.25, 0.3) is 0 Å². The van der Waals surface area contributed by atoms with Crippen LogP contribution in [0.2, 0.25) is 0 Å². The van der Waals surface area contributed by atoms with Crippen molar-refractivity contribution in [3.63, 3.8) is 0 Å².